The maximum atomic E-state index is 6.13. The van der Waals surface area contributed by atoms with Gasteiger partial charge in [-0.25, -0.2) is 0 Å². The lowest BCUT2D eigenvalue weighted by Crippen LogP contribution is -2.23. The summed E-state index contributed by atoms with van der Waals surface area (Å²) in [5, 5.41) is 4.21. The summed E-state index contributed by atoms with van der Waals surface area (Å²) in [5.74, 6) is 0.697. The van der Waals surface area contributed by atoms with E-state index >= 15 is 0 Å². The minimum atomic E-state index is 0.105. The van der Waals surface area contributed by atoms with Crippen LogP contribution in [0.15, 0.2) is 31.8 Å². The van der Waals surface area contributed by atoms with E-state index in [1.807, 2.05) is 18.2 Å². The Morgan fingerprint density at radius 1 is 1.33 bits per heavy atom. The first-order chi connectivity index (χ1) is 10.1. The molecule has 1 aromatic heterocycles. The molecule has 0 aliphatic heterocycles. The zero-order chi connectivity index (χ0) is 15.4. The third-order valence-electron chi connectivity index (χ3n) is 3.10. The molecule has 2 aromatic rings. The molecule has 0 bridgehead atoms. The normalized spacial score (nSPS) is 12.4. The molecule has 21 heavy (non-hydrogen) atoms. The highest BCUT2D eigenvalue weighted by molar-refractivity contribution is 9.12. The number of methoxy groups -OCH3 is 1. The van der Waals surface area contributed by atoms with Crippen molar-refractivity contribution in [2.24, 2.45) is 0 Å². The van der Waals surface area contributed by atoms with Crippen LogP contribution < -0.4 is 10.1 Å². The van der Waals surface area contributed by atoms with Gasteiger partial charge in [-0.2, -0.15) is 0 Å². The molecule has 6 heteroatoms. The van der Waals surface area contributed by atoms with E-state index in [4.69, 9.17) is 16.3 Å². The van der Waals surface area contributed by atoms with E-state index in [-0.39, 0.29) is 6.04 Å². The maximum absolute atomic E-state index is 6.13. The molecule has 0 radical (unpaired) electrons. The molecule has 1 aromatic carbocycles. The molecule has 2 rings (SSSR count). The van der Waals surface area contributed by atoms with Crippen molar-refractivity contribution in [2.75, 3.05) is 13.7 Å². The number of thiophene rings is 1. The number of hydrogen-bond acceptors (Lipinski definition) is 3. The fourth-order valence-corrected chi connectivity index (χ4v) is 5.20. The average molecular weight is 454 g/mol. The fraction of sp³-hybridized carbons (Fsp3) is 0.333. The highest BCUT2D eigenvalue weighted by Gasteiger charge is 2.19. The minimum Gasteiger partial charge on any atom is -0.495 e. The van der Waals surface area contributed by atoms with Gasteiger partial charge in [0.15, 0.2) is 0 Å². The largest absolute Gasteiger partial charge is 0.495 e. The summed E-state index contributed by atoms with van der Waals surface area (Å²) in [6.45, 7) is 3.10. The van der Waals surface area contributed by atoms with Gasteiger partial charge >= 0.3 is 0 Å². The van der Waals surface area contributed by atoms with Gasteiger partial charge in [-0.3, -0.25) is 0 Å². The Morgan fingerprint density at radius 2 is 2.10 bits per heavy atom. The molecule has 0 aliphatic carbocycles. The van der Waals surface area contributed by atoms with Crippen molar-refractivity contribution in [2.45, 2.75) is 19.4 Å². The van der Waals surface area contributed by atoms with Gasteiger partial charge < -0.3 is 10.1 Å². The predicted molar refractivity (Wildman–Crippen MR) is 97.9 cm³/mol. The van der Waals surface area contributed by atoms with Gasteiger partial charge in [-0.05, 0) is 74.2 Å². The van der Waals surface area contributed by atoms with Gasteiger partial charge in [-0.1, -0.05) is 24.6 Å². The third kappa shape index (κ3) is 4.23. The SMILES string of the molecule is CCCNC(c1ccc(Cl)c(OC)c1)c1cc(Br)sc1Br. The standard InChI is InChI=1S/C15H16Br2ClNOS/c1-3-6-19-14(10-8-13(16)21-15(10)17)9-4-5-11(18)12(7-9)20-2/h4-5,7-8,14,19H,3,6H2,1-2H3. The second kappa shape index (κ2) is 7.97. The first-order valence-electron chi connectivity index (χ1n) is 6.58. The van der Waals surface area contributed by atoms with Crippen LogP contribution >= 0.6 is 54.8 Å². The molecule has 0 amide bonds. The van der Waals surface area contributed by atoms with Crippen LogP contribution in [0.2, 0.25) is 5.02 Å². The van der Waals surface area contributed by atoms with Crippen molar-refractivity contribution in [3.63, 3.8) is 0 Å². The van der Waals surface area contributed by atoms with Crippen LogP contribution in [0, 0.1) is 0 Å². The number of nitrogens with one attached hydrogen (secondary N) is 1. The minimum absolute atomic E-state index is 0.105. The summed E-state index contributed by atoms with van der Waals surface area (Å²) >= 11 is 15.0. The van der Waals surface area contributed by atoms with Gasteiger partial charge in [-0.15, -0.1) is 11.3 Å². The van der Waals surface area contributed by atoms with Gasteiger partial charge in [0.1, 0.15) is 5.75 Å². The molecule has 0 fully saturated rings. The van der Waals surface area contributed by atoms with Crippen LogP contribution in [0.25, 0.3) is 0 Å². The Balaban J connectivity index is 2.42. The van der Waals surface area contributed by atoms with Crippen LogP contribution in [0.4, 0.5) is 0 Å². The first-order valence-corrected chi connectivity index (χ1v) is 9.36. The molecule has 0 spiro atoms. The van der Waals surface area contributed by atoms with Gasteiger partial charge in [0, 0.05) is 0 Å². The van der Waals surface area contributed by atoms with Gasteiger partial charge in [0.2, 0.25) is 0 Å². The van der Waals surface area contributed by atoms with Crippen molar-refractivity contribution >= 4 is 54.8 Å². The summed E-state index contributed by atoms with van der Waals surface area (Å²) in [5.41, 5.74) is 2.35. The molecule has 1 unspecified atom stereocenters. The summed E-state index contributed by atoms with van der Waals surface area (Å²) < 4.78 is 7.56. The topological polar surface area (TPSA) is 21.3 Å². The van der Waals surface area contributed by atoms with E-state index in [0.717, 1.165) is 26.1 Å². The third-order valence-corrected chi connectivity index (χ3v) is 5.80. The first kappa shape index (κ1) is 17.3. The van der Waals surface area contributed by atoms with Gasteiger partial charge in [0.05, 0.1) is 25.7 Å². The Kier molecular flexibility index (Phi) is 6.56. The summed E-state index contributed by atoms with van der Waals surface area (Å²) in [6.07, 6.45) is 1.07. The van der Waals surface area contributed by atoms with Crippen LogP contribution in [-0.4, -0.2) is 13.7 Å². The number of benzene rings is 1. The van der Waals surface area contributed by atoms with Crippen molar-refractivity contribution in [1.82, 2.24) is 5.32 Å². The molecule has 0 saturated carbocycles. The summed E-state index contributed by atoms with van der Waals surface area (Å²) in [7, 11) is 1.64. The van der Waals surface area contributed by atoms with Crippen molar-refractivity contribution in [1.29, 1.82) is 0 Å². The van der Waals surface area contributed by atoms with E-state index in [1.165, 1.54) is 5.56 Å². The van der Waals surface area contributed by atoms with E-state index in [9.17, 15) is 0 Å². The lowest BCUT2D eigenvalue weighted by Gasteiger charge is -2.20. The average Bonchev–Trinajstić information content (AvgIpc) is 2.79. The van der Waals surface area contributed by atoms with Crippen molar-refractivity contribution < 1.29 is 4.74 Å². The molecule has 0 aliphatic rings. The molecular formula is C15H16Br2ClNOS. The summed E-state index contributed by atoms with van der Waals surface area (Å²) in [4.78, 5) is 0. The molecule has 2 nitrogen and oxygen atoms in total. The highest BCUT2D eigenvalue weighted by Crippen LogP contribution is 2.39. The smallest absolute Gasteiger partial charge is 0.137 e. The lowest BCUT2D eigenvalue weighted by atomic mass is 10.0. The second-order valence-electron chi connectivity index (χ2n) is 4.56. The Hall–Kier alpha value is -0.0700. The molecule has 1 N–H and O–H groups in total. The van der Waals surface area contributed by atoms with Crippen LogP contribution in [0.3, 0.4) is 0 Å². The Labute approximate surface area is 151 Å². The highest BCUT2D eigenvalue weighted by atomic mass is 79.9. The Morgan fingerprint density at radius 3 is 2.67 bits per heavy atom. The van der Waals surface area contributed by atoms with Crippen molar-refractivity contribution in [3.8, 4) is 5.75 Å². The van der Waals surface area contributed by atoms with E-state index in [2.05, 4.69) is 50.2 Å². The molecule has 1 atom stereocenters. The predicted octanol–water partition coefficient (Wildman–Crippen LogP) is 6.02. The number of halogens is 3. The van der Waals surface area contributed by atoms with E-state index in [1.54, 1.807) is 18.4 Å². The quantitative estimate of drug-likeness (QED) is 0.577. The van der Waals surface area contributed by atoms with Crippen LogP contribution in [0.5, 0.6) is 5.75 Å². The molecule has 1 heterocycles. The number of rotatable bonds is 6. The van der Waals surface area contributed by atoms with Gasteiger partial charge in [0.25, 0.3) is 0 Å². The molecular weight excluding hydrogens is 437 g/mol. The zero-order valence-corrected chi connectivity index (χ0v) is 16.5. The number of hydrogen-bond donors (Lipinski definition) is 1. The van der Waals surface area contributed by atoms with Crippen LogP contribution in [0.1, 0.15) is 30.5 Å². The number of ether oxygens (including phenoxy) is 1. The zero-order valence-electron chi connectivity index (χ0n) is 11.8. The lowest BCUT2D eigenvalue weighted by molar-refractivity contribution is 0.414. The fourth-order valence-electron chi connectivity index (χ4n) is 2.10. The van der Waals surface area contributed by atoms with E-state index in [0.29, 0.717) is 10.8 Å². The Bertz CT molecular complexity index is 618. The maximum Gasteiger partial charge on any atom is 0.137 e. The molecule has 0 saturated heterocycles. The van der Waals surface area contributed by atoms with Crippen LogP contribution in [-0.2, 0) is 0 Å². The summed E-state index contributed by atoms with van der Waals surface area (Å²) in [6, 6.07) is 8.16. The van der Waals surface area contributed by atoms with Crippen molar-refractivity contribution in [3.05, 3.63) is 48.0 Å². The monoisotopic (exact) mass is 451 g/mol. The second-order valence-corrected chi connectivity index (χ2v) is 8.72. The molecule has 114 valence electrons. The van der Waals surface area contributed by atoms with E-state index < -0.39 is 0 Å².